The summed E-state index contributed by atoms with van der Waals surface area (Å²) in [5, 5.41) is 5.56. The number of likely N-dealkylation sites (N-methyl/N-ethyl adjacent to an activating group) is 1. The second kappa shape index (κ2) is 8.65. The van der Waals surface area contributed by atoms with Crippen LogP contribution in [-0.4, -0.2) is 42.8 Å². The molecule has 1 aromatic carbocycles. The molecule has 0 unspecified atom stereocenters. The molecule has 0 fully saturated rings. The predicted molar refractivity (Wildman–Crippen MR) is 99.3 cm³/mol. The molecule has 1 aromatic rings. The fraction of sp³-hybridized carbons (Fsp3) is 0.526. The van der Waals surface area contributed by atoms with E-state index >= 15 is 0 Å². The zero-order chi connectivity index (χ0) is 19.2. The van der Waals surface area contributed by atoms with Gasteiger partial charge in [-0.25, -0.2) is 0 Å². The van der Waals surface area contributed by atoms with Crippen LogP contribution < -0.4 is 10.6 Å². The van der Waals surface area contributed by atoms with Crippen molar-refractivity contribution in [2.75, 3.05) is 25.5 Å². The Kier molecular flexibility index (Phi) is 7.15. The Morgan fingerprint density at radius 1 is 1.12 bits per heavy atom. The first kappa shape index (κ1) is 20.7. The predicted octanol–water partition coefficient (Wildman–Crippen LogP) is 2.25. The number of carbonyl (C=O) groups is 3. The number of hydrogen-bond donors (Lipinski definition) is 2. The molecule has 0 atom stereocenters. The van der Waals surface area contributed by atoms with Crippen LogP contribution in [0.1, 0.15) is 38.3 Å². The standard InChI is InChI=1S/C19H29N3O3/c1-13-8-7-9-15(14(13)2)21-16(23)12-22(6)17(24)10-11-20-18(25)19(3,4)5/h7-9H,10-12H2,1-6H3,(H,20,25)(H,21,23). The molecule has 0 heterocycles. The minimum Gasteiger partial charge on any atom is -0.355 e. The van der Waals surface area contributed by atoms with Gasteiger partial charge in [-0.1, -0.05) is 32.9 Å². The third-order valence-corrected chi connectivity index (χ3v) is 3.99. The lowest BCUT2D eigenvalue weighted by atomic mass is 9.96. The van der Waals surface area contributed by atoms with Crippen LogP contribution in [0.4, 0.5) is 5.69 Å². The summed E-state index contributed by atoms with van der Waals surface area (Å²) in [6.07, 6.45) is 0.162. The molecule has 0 aromatic heterocycles. The Bertz CT molecular complexity index is 648. The van der Waals surface area contributed by atoms with Gasteiger partial charge in [0.2, 0.25) is 17.7 Å². The fourth-order valence-corrected chi connectivity index (χ4v) is 2.12. The molecular weight excluding hydrogens is 318 g/mol. The third kappa shape index (κ3) is 6.57. The first-order valence-electron chi connectivity index (χ1n) is 8.40. The van der Waals surface area contributed by atoms with E-state index in [-0.39, 0.29) is 37.2 Å². The number of anilines is 1. The molecule has 0 aliphatic heterocycles. The highest BCUT2D eigenvalue weighted by atomic mass is 16.2. The number of aryl methyl sites for hydroxylation is 1. The van der Waals surface area contributed by atoms with Crippen LogP contribution in [0.3, 0.4) is 0 Å². The first-order chi connectivity index (χ1) is 11.5. The molecule has 0 bridgehead atoms. The van der Waals surface area contributed by atoms with Gasteiger partial charge >= 0.3 is 0 Å². The molecule has 6 heteroatoms. The van der Waals surface area contributed by atoms with Crippen molar-refractivity contribution < 1.29 is 14.4 Å². The Balaban J connectivity index is 2.45. The minimum atomic E-state index is -0.486. The number of nitrogens with zero attached hydrogens (tertiary/aromatic N) is 1. The maximum atomic E-state index is 12.1. The van der Waals surface area contributed by atoms with Crippen molar-refractivity contribution in [3.8, 4) is 0 Å². The van der Waals surface area contributed by atoms with Gasteiger partial charge in [0, 0.05) is 31.1 Å². The largest absolute Gasteiger partial charge is 0.355 e. The average Bonchev–Trinajstić information content (AvgIpc) is 2.50. The molecule has 1 rings (SSSR count). The molecule has 0 aliphatic rings. The fourth-order valence-electron chi connectivity index (χ4n) is 2.12. The van der Waals surface area contributed by atoms with Crippen molar-refractivity contribution >= 4 is 23.4 Å². The molecule has 0 radical (unpaired) electrons. The van der Waals surface area contributed by atoms with Crippen LogP contribution in [0.25, 0.3) is 0 Å². The van der Waals surface area contributed by atoms with E-state index in [1.807, 2.05) is 52.8 Å². The highest BCUT2D eigenvalue weighted by Gasteiger charge is 2.21. The third-order valence-electron chi connectivity index (χ3n) is 3.99. The summed E-state index contributed by atoms with van der Waals surface area (Å²) in [4.78, 5) is 37.3. The van der Waals surface area contributed by atoms with Crippen molar-refractivity contribution in [3.05, 3.63) is 29.3 Å². The number of amides is 3. The number of rotatable bonds is 6. The zero-order valence-electron chi connectivity index (χ0n) is 16.0. The maximum absolute atomic E-state index is 12.1. The lowest BCUT2D eigenvalue weighted by Gasteiger charge is -2.20. The van der Waals surface area contributed by atoms with E-state index < -0.39 is 5.41 Å². The van der Waals surface area contributed by atoms with Crippen molar-refractivity contribution in [2.45, 2.75) is 41.0 Å². The number of carbonyl (C=O) groups excluding carboxylic acids is 3. The summed E-state index contributed by atoms with van der Waals surface area (Å²) >= 11 is 0. The van der Waals surface area contributed by atoms with Crippen molar-refractivity contribution in [1.29, 1.82) is 0 Å². The number of hydrogen-bond acceptors (Lipinski definition) is 3. The SMILES string of the molecule is Cc1cccc(NC(=O)CN(C)C(=O)CCNC(=O)C(C)(C)C)c1C. The van der Waals surface area contributed by atoms with Gasteiger partial charge in [0.15, 0.2) is 0 Å². The molecule has 3 amide bonds. The monoisotopic (exact) mass is 347 g/mol. The van der Waals surface area contributed by atoms with Crippen LogP contribution in [0.15, 0.2) is 18.2 Å². The topological polar surface area (TPSA) is 78.5 Å². The van der Waals surface area contributed by atoms with E-state index in [2.05, 4.69) is 10.6 Å². The second-order valence-electron chi connectivity index (χ2n) is 7.30. The number of nitrogens with one attached hydrogen (secondary N) is 2. The van der Waals surface area contributed by atoms with E-state index in [4.69, 9.17) is 0 Å². The molecule has 0 saturated carbocycles. The normalized spacial score (nSPS) is 11.0. The summed E-state index contributed by atoms with van der Waals surface area (Å²) in [5.41, 5.74) is 2.37. The lowest BCUT2D eigenvalue weighted by molar-refractivity contribution is -0.133. The van der Waals surface area contributed by atoms with Gasteiger partial charge in [-0.3, -0.25) is 14.4 Å². The highest BCUT2D eigenvalue weighted by Crippen LogP contribution is 2.17. The smallest absolute Gasteiger partial charge is 0.243 e. The second-order valence-corrected chi connectivity index (χ2v) is 7.30. The lowest BCUT2D eigenvalue weighted by Crippen LogP contribution is -2.39. The summed E-state index contributed by atoms with van der Waals surface area (Å²) in [7, 11) is 1.58. The maximum Gasteiger partial charge on any atom is 0.243 e. The molecule has 0 spiro atoms. The van der Waals surface area contributed by atoms with Crippen LogP contribution >= 0.6 is 0 Å². The van der Waals surface area contributed by atoms with E-state index in [0.29, 0.717) is 0 Å². The van der Waals surface area contributed by atoms with Crippen molar-refractivity contribution in [2.24, 2.45) is 5.41 Å². The first-order valence-corrected chi connectivity index (χ1v) is 8.40. The number of benzene rings is 1. The van der Waals surface area contributed by atoms with Gasteiger partial charge in [0.1, 0.15) is 0 Å². The summed E-state index contributed by atoms with van der Waals surface area (Å²) in [6, 6.07) is 5.70. The summed E-state index contributed by atoms with van der Waals surface area (Å²) in [6.45, 7) is 9.59. The Labute approximate surface area is 150 Å². The van der Waals surface area contributed by atoms with Crippen LogP contribution in [0, 0.1) is 19.3 Å². The van der Waals surface area contributed by atoms with Crippen molar-refractivity contribution in [1.82, 2.24) is 10.2 Å². The Morgan fingerprint density at radius 2 is 1.76 bits per heavy atom. The van der Waals surface area contributed by atoms with Gasteiger partial charge in [-0.05, 0) is 31.0 Å². The van der Waals surface area contributed by atoms with Crippen LogP contribution in [0.2, 0.25) is 0 Å². The van der Waals surface area contributed by atoms with E-state index in [0.717, 1.165) is 16.8 Å². The van der Waals surface area contributed by atoms with Gasteiger partial charge in [-0.2, -0.15) is 0 Å². The molecule has 2 N–H and O–H groups in total. The molecule has 138 valence electrons. The quantitative estimate of drug-likeness (QED) is 0.828. The average molecular weight is 347 g/mol. The van der Waals surface area contributed by atoms with Gasteiger partial charge in [0.25, 0.3) is 0 Å². The summed E-state index contributed by atoms with van der Waals surface area (Å²) < 4.78 is 0. The van der Waals surface area contributed by atoms with Gasteiger partial charge < -0.3 is 15.5 Å². The Hall–Kier alpha value is -2.37. The van der Waals surface area contributed by atoms with Gasteiger partial charge in [-0.15, -0.1) is 0 Å². The molecule has 0 saturated heterocycles. The van der Waals surface area contributed by atoms with Gasteiger partial charge in [0.05, 0.1) is 6.54 Å². The highest BCUT2D eigenvalue weighted by molar-refractivity contribution is 5.95. The molecule has 6 nitrogen and oxygen atoms in total. The zero-order valence-corrected chi connectivity index (χ0v) is 16.0. The van der Waals surface area contributed by atoms with Crippen LogP contribution in [-0.2, 0) is 14.4 Å². The molecule has 0 aliphatic carbocycles. The van der Waals surface area contributed by atoms with E-state index in [9.17, 15) is 14.4 Å². The molecular formula is C19H29N3O3. The minimum absolute atomic E-state index is 0.0283. The van der Waals surface area contributed by atoms with E-state index in [1.165, 1.54) is 4.90 Å². The van der Waals surface area contributed by atoms with Crippen LogP contribution in [0.5, 0.6) is 0 Å². The molecule has 25 heavy (non-hydrogen) atoms. The van der Waals surface area contributed by atoms with E-state index in [1.54, 1.807) is 7.05 Å². The Morgan fingerprint density at radius 3 is 2.36 bits per heavy atom. The summed E-state index contributed by atoms with van der Waals surface area (Å²) in [5.74, 6) is -0.538. The van der Waals surface area contributed by atoms with Crippen molar-refractivity contribution in [3.63, 3.8) is 0 Å².